The zero-order chi connectivity index (χ0) is 16.2. The molecule has 128 valence electrons. The third kappa shape index (κ3) is 20.3. The topological polar surface area (TPSA) is 18.5 Å². The van der Waals surface area contributed by atoms with Gasteiger partial charge in [0.25, 0.3) is 0 Å². The van der Waals surface area contributed by atoms with Crippen molar-refractivity contribution in [1.82, 2.24) is 0 Å². The van der Waals surface area contributed by atoms with E-state index in [9.17, 15) is 0 Å². The van der Waals surface area contributed by atoms with E-state index >= 15 is 0 Å². The molecule has 2 saturated heterocycles. The zero-order valence-electron chi connectivity index (χ0n) is 15.3. The monoisotopic (exact) mass is 318 g/mol. The lowest BCUT2D eigenvalue weighted by molar-refractivity contribution is 0.0275. The van der Waals surface area contributed by atoms with Gasteiger partial charge in [-0.2, -0.15) is 11.8 Å². The molecule has 21 heavy (non-hydrogen) atoms. The molecule has 0 N–H and O–H groups in total. The third-order valence-electron chi connectivity index (χ3n) is 2.72. The molecule has 0 saturated carbocycles. The van der Waals surface area contributed by atoms with Crippen LogP contribution in [-0.4, -0.2) is 37.9 Å². The normalized spacial score (nSPS) is 18.6. The molecule has 0 aromatic rings. The Morgan fingerprint density at radius 1 is 0.762 bits per heavy atom. The van der Waals surface area contributed by atoms with E-state index in [1.54, 1.807) is 0 Å². The molecular weight excluding hydrogens is 280 g/mol. The summed E-state index contributed by atoms with van der Waals surface area (Å²) in [5.41, 5.74) is 0.594. The van der Waals surface area contributed by atoms with Gasteiger partial charge in [0.05, 0.1) is 13.2 Å². The first-order chi connectivity index (χ1) is 9.71. The van der Waals surface area contributed by atoms with Crippen LogP contribution in [0.15, 0.2) is 0 Å². The van der Waals surface area contributed by atoms with Gasteiger partial charge in [0, 0.05) is 13.2 Å². The van der Waals surface area contributed by atoms with Gasteiger partial charge in [-0.1, -0.05) is 41.5 Å². The maximum Gasteiger partial charge on any atom is 0.0514 e. The van der Waals surface area contributed by atoms with Crippen LogP contribution in [0.3, 0.4) is 0 Å². The molecule has 3 heteroatoms. The van der Waals surface area contributed by atoms with E-state index in [1.807, 2.05) is 0 Å². The minimum absolute atomic E-state index is 0.297. The van der Waals surface area contributed by atoms with E-state index in [-0.39, 0.29) is 0 Å². The van der Waals surface area contributed by atoms with Crippen LogP contribution in [0.4, 0.5) is 0 Å². The molecule has 0 bridgehead atoms. The summed E-state index contributed by atoms with van der Waals surface area (Å²) in [6, 6.07) is 0. The Hall–Kier alpha value is 0.270. The Morgan fingerprint density at radius 3 is 1.38 bits per heavy atom. The van der Waals surface area contributed by atoms with E-state index in [0.29, 0.717) is 10.8 Å². The molecule has 2 aliphatic heterocycles. The highest BCUT2D eigenvalue weighted by molar-refractivity contribution is 7.99. The number of hydrogen-bond acceptors (Lipinski definition) is 3. The summed E-state index contributed by atoms with van der Waals surface area (Å²) in [6.07, 6.45) is 5.48. The molecule has 2 rings (SSSR count). The summed E-state index contributed by atoms with van der Waals surface area (Å²) in [7, 11) is 0. The highest BCUT2D eigenvalue weighted by Crippen LogP contribution is 2.17. The first-order valence-corrected chi connectivity index (χ1v) is 9.59. The van der Waals surface area contributed by atoms with Gasteiger partial charge in [0.1, 0.15) is 0 Å². The highest BCUT2D eigenvalue weighted by Gasteiger charge is 2.14. The van der Waals surface area contributed by atoms with Crippen LogP contribution in [-0.2, 0) is 9.47 Å². The van der Waals surface area contributed by atoms with E-state index in [4.69, 9.17) is 9.47 Å². The SMILES string of the molecule is C1CCOC1.C1CCSC1.CC(C)(C)COCC(C)(C)C. The van der Waals surface area contributed by atoms with Crippen molar-refractivity contribution in [2.24, 2.45) is 10.8 Å². The van der Waals surface area contributed by atoms with Crippen molar-refractivity contribution in [2.45, 2.75) is 67.2 Å². The molecule has 2 fully saturated rings. The van der Waals surface area contributed by atoms with Crippen LogP contribution >= 0.6 is 11.8 Å². The molecule has 0 spiro atoms. The summed E-state index contributed by atoms with van der Waals surface area (Å²) in [5.74, 6) is 2.83. The summed E-state index contributed by atoms with van der Waals surface area (Å²) < 4.78 is 10.5. The summed E-state index contributed by atoms with van der Waals surface area (Å²) >= 11 is 2.07. The Balaban J connectivity index is 0.000000325. The van der Waals surface area contributed by atoms with Crippen molar-refractivity contribution in [2.75, 3.05) is 37.9 Å². The molecule has 0 unspecified atom stereocenters. The van der Waals surface area contributed by atoms with Crippen LogP contribution in [0.2, 0.25) is 0 Å². The van der Waals surface area contributed by atoms with Crippen molar-refractivity contribution in [1.29, 1.82) is 0 Å². The largest absolute Gasteiger partial charge is 0.381 e. The van der Waals surface area contributed by atoms with Crippen LogP contribution in [0, 0.1) is 10.8 Å². The second kappa shape index (κ2) is 11.8. The first kappa shape index (κ1) is 21.3. The van der Waals surface area contributed by atoms with Crippen LogP contribution < -0.4 is 0 Å². The maximum absolute atomic E-state index is 5.56. The van der Waals surface area contributed by atoms with Gasteiger partial charge in [0.2, 0.25) is 0 Å². The van der Waals surface area contributed by atoms with E-state index in [2.05, 4.69) is 53.3 Å². The van der Waals surface area contributed by atoms with E-state index in [0.717, 1.165) is 26.4 Å². The summed E-state index contributed by atoms with van der Waals surface area (Å²) in [4.78, 5) is 0. The smallest absolute Gasteiger partial charge is 0.0514 e. The number of ether oxygens (including phenoxy) is 2. The predicted molar refractivity (Wildman–Crippen MR) is 96.3 cm³/mol. The minimum atomic E-state index is 0.297. The van der Waals surface area contributed by atoms with Gasteiger partial charge in [0.15, 0.2) is 0 Å². The number of thioether (sulfide) groups is 1. The third-order valence-corrected chi connectivity index (χ3v) is 3.88. The van der Waals surface area contributed by atoms with Gasteiger partial charge in [-0.3, -0.25) is 0 Å². The maximum atomic E-state index is 5.56. The second-order valence-corrected chi connectivity index (χ2v) is 9.48. The Labute approximate surface area is 137 Å². The Kier molecular flexibility index (Phi) is 11.9. The fourth-order valence-corrected chi connectivity index (χ4v) is 2.70. The Morgan fingerprint density at radius 2 is 1.19 bits per heavy atom. The van der Waals surface area contributed by atoms with Crippen LogP contribution in [0.5, 0.6) is 0 Å². The van der Waals surface area contributed by atoms with Gasteiger partial charge >= 0.3 is 0 Å². The fourth-order valence-electron chi connectivity index (χ4n) is 1.68. The molecule has 0 aromatic carbocycles. The quantitative estimate of drug-likeness (QED) is 0.678. The molecule has 0 aliphatic carbocycles. The first-order valence-electron chi connectivity index (χ1n) is 8.44. The summed E-state index contributed by atoms with van der Waals surface area (Å²) in [6.45, 7) is 16.8. The molecule has 0 radical (unpaired) electrons. The zero-order valence-corrected chi connectivity index (χ0v) is 16.1. The molecule has 2 heterocycles. The molecule has 0 atom stereocenters. The van der Waals surface area contributed by atoms with Crippen molar-refractivity contribution < 1.29 is 9.47 Å². The lowest BCUT2D eigenvalue weighted by Gasteiger charge is -2.23. The lowest BCUT2D eigenvalue weighted by atomic mass is 9.97. The fraction of sp³-hybridized carbons (Fsp3) is 1.00. The van der Waals surface area contributed by atoms with Crippen molar-refractivity contribution in [3.05, 3.63) is 0 Å². The highest BCUT2D eigenvalue weighted by atomic mass is 32.2. The van der Waals surface area contributed by atoms with E-state index in [1.165, 1.54) is 37.2 Å². The van der Waals surface area contributed by atoms with E-state index < -0.39 is 0 Å². The molecule has 2 nitrogen and oxygen atoms in total. The Bertz CT molecular complexity index is 181. The van der Waals surface area contributed by atoms with Gasteiger partial charge in [-0.15, -0.1) is 0 Å². The average molecular weight is 319 g/mol. The molecule has 0 amide bonds. The van der Waals surface area contributed by atoms with Crippen LogP contribution in [0.1, 0.15) is 67.2 Å². The van der Waals surface area contributed by atoms with Gasteiger partial charge in [-0.25, -0.2) is 0 Å². The predicted octanol–water partition coefficient (Wildman–Crippen LogP) is 5.41. The van der Waals surface area contributed by atoms with Crippen LogP contribution in [0.25, 0.3) is 0 Å². The van der Waals surface area contributed by atoms with Gasteiger partial charge in [-0.05, 0) is 48.0 Å². The van der Waals surface area contributed by atoms with Crippen molar-refractivity contribution in [3.63, 3.8) is 0 Å². The molecular formula is C18H38O2S. The summed E-state index contributed by atoms with van der Waals surface area (Å²) in [5, 5.41) is 0. The number of rotatable bonds is 2. The second-order valence-electron chi connectivity index (χ2n) is 8.25. The van der Waals surface area contributed by atoms with Crippen molar-refractivity contribution in [3.8, 4) is 0 Å². The van der Waals surface area contributed by atoms with Crippen molar-refractivity contribution >= 4 is 11.8 Å². The number of hydrogen-bond donors (Lipinski definition) is 0. The average Bonchev–Trinajstić information content (AvgIpc) is 3.05. The molecule has 2 aliphatic rings. The van der Waals surface area contributed by atoms with Gasteiger partial charge < -0.3 is 9.47 Å². The minimum Gasteiger partial charge on any atom is -0.381 e. The molecule has 0 aromatic heterocycles. The standard InChI is InChI=1S/C10H22O.C4H8O.C4H8S/c1-9(2,3)7-11-8-10(4,5)6;2*1-2-4-5-3-1/h7-8H2,1-6H3;2*1-4H2. The lowest BCUT2D eigenvalue weighted by Crippen LogP contribution is -2.21.